The molecule has 0 saturated carbocycles. The van der Waals surface area contributed by atoms with Gasteiger partial charge >= 0.3 is 0 Å². The minimum absolute atomic E-state index is 0.194. The summed E-state index contributed by atoms with van der Waals surface area (Å²) in [6, 6.07) is 6.53. The van der Waals surface area contributed by atoms with Crippen LogP contribution in [-0.2, 0) is 10.1 Å². The maximum atomic E-state index is 10.4. The van der Waals surface area contributed by atoms with Crippen LogP contribution in [0, 0.1) is 0 Å². The average molecular weight is 243 g/mol. The predicted octanol–water partition coefficient (Wildman–Crippen LogP) is 1.31. The lowest BCUT2D eigenvalue weighted by Crippen LogP contribution is -1.96. The van der Waals surface area contributed by atoms with Gasteiger partial charge in [0, 0.05) is 6.07 Å². The zero-order chi connectivity index (χ0) is 12.0. The van der Waals surface area contributed by atoms with Crippen LogP contribution in [0.15, 0.2) is 52.2 Å². The molecular formula is C9H9NO5S. The van der Waals surface area contributed by atoms with Gasteiger partial charge in [-0.1, -0.05) is 11.2 Å². The van der Waals surface area contributed by atoms with Crippen LogP contribution in [0.2, 0.25) is 0 Å². The summed E-state index contributed by atoms with van der Waals surface area (Å²) in [6.45, 7) is 0. The molecular weight excluding hydrogens is 234 g/mol. The fourth-order valence-corrected chi connectivity index (χ4v) is 1.34. The van der Waals surface area contributed by atoms with E-state index in [0.29, 0.717) is 0 Å². The second kappa shape index (κ2) is 5.29. The molecule has 2 rings (SSSR count). The van der Waals surface area contributed by atoms with E-state index < -0.39 is 10.1 Å². The second-order valence-corrected chi connectivity index (χ2v) is 4.08. The molecule has 2 aromatic rings. The highest BCUT2D eigenvalue weighted by Gasteiger charge is 2.08. The molecule has 0 radical (unpaired) electrons. The quantitative estimate of drug-likeness (QED) is 0.732. The van der Waals surface area contributed by atoms with Crippen LogP contribution in [0.1, 0.15) is 0 Å². The predicted molar refractivity (Wildman–Crippen MR) is 54.4 cm³/mol. The molecule has 16 heavy (non-hydrogen) atoms. The average Bonchev–Trinajstić information content (AvgIpc) is 2.74. The molecule has 0 aliphatic heterocycles. The second-order valence-electron chi connectivity index (χ2n) is 2.66. The smallest absolute Gasteiger partial charge is 0.294 e. The maximum Gasteiger partial charge on any atom is 0.294 e. The molecule has 0 spiro atoms. The highest BCUT2D eigenvalue weighted by Crippen LogP contribution is 2.14. The van der Waals surface area contributed by atoms with Crippen molar-refractivity contribution >= 4 is 10.1 Å². The first-order chi connectivity index (χ1) is 7.50. The Morgan fingerprint density at radius 3 is 2.31 bits per heavy atom. The molecule has 0 bridgehead atoms. The van der Waals surface area contributed by atoms with Crippen molar-refractivity contribution in [2.45, 2.75) is 4.90 Å². The lowest BCUT2D eigenvalue weighted by Gasteiger charge is -1.95. The molecule has 2 N–H and O–H groups in total. The third kappa shape index (κ3) is 4.11. The van der Waals surface area contributed by atoms with Gasteiger partial charge in [0.15, 0.2) is 0 Å². The van der Waals surface area contributed by atoms with E-state index in [1.165, 1.54) is 24.5 Å². The fourth-order valence-electron chi connectivity index (χ4n) is 0.820. The van der Waals surface area contributed by atoms with Gasteiger partial charge in [-0.05, 0) is 18.2 Å². The van der Waals surface area contributed by atoms with Crippen molar-refractivity contribution in [2.75, 3.05) is 0 Å². The van der Waals surface area contributed by atoms with Crippen LogP contribution in [0.25, 0.3) is 0 Å². The van der Waals surface area contributed by atoms with Crippen molar-refractivity contribution in [1.29, 1.82) is 0 Å². The number of nitrogens with zero attached hydrogens (tertiary/aromatic N) is 1. The monoisotopic (exact) mass is 243 g/mol. The van der Waals surface area contributed by atoms with E-state index in [-0.39, 0.29) is 10.6 Å². The van der Waals surface area contributed by atoms with Crippen LogP contribution < -0.4 is 0 Å². The summed E-state index contributed by atoms with van der Waals surface area (Å²) in [5.74, 6) is -0.194. The maximum absolute atomic E-state index is 10.4. The molecule has 0 unspecified atom stereocenters. The van der Waals surface area contributed by atoms with Gasteiger partial charge in [0.05, 0.1) is 11.1 Å². The first kappa shape index (κ1) is 12.2. The summed E-state index contributed by atoms with van der Waals surface area (Å²) in [4.78, 5) is -0.308. The molecule has 1 heterocycles. The molecule has 0 aliphatic carbocycles. The summed E-state index contributed by atoms with van der Waals surface area (Å²) in [7, 11) is -4.19. The summed E-state index contributed by atoms with van der Waals surface area (Å²) in [5, 5.41) is 12.1. The van der Waals surface area contributed by atoms with Crippen molar-refractivity contribution < 1.29 is 22.6 Å². The SMILES string of the molecule is O=S(=O)(O)c1cccc(O)c1.c1cnoc1. The molecule has 0 saturated heterocycles. The van der Waals surface area contributed by atoms with Gasteiger partial charge in [-0.2, -0.15) is 8.42 Å². The van der Waals surface area contributed by atoms with Crippen molar-refractivity contribution in [1.82, 2.24) is 5.16 Å². The van der Waals surface area contributed by atoms with Crippen LogP contribution in [0.5, 0.6) is 5.75 Å². The zero-order valence-corrected chi connectivity index (χ0v) is 8.83. The minimum Gasteiger partial charge on any atom is -0.508 e. The molecule has 0 aliphatic rings. The van der Waals surface area contributed by atoms with Crippen LogP contribution in [0.3, 0.4) is 0 Å². The van der Waals surface area contributed by atoms with Crippen molar-refractivity contribution in [3.63, 3.8) is 0 Å². The standard InChI is InChI=1S/C6H6O4S.C3H3NO/c7-5-2-1-3-6(4-5)11(8,9)10;1-2-4-5-3-1/h1-4,7H,(H,8,9,10);1-3H. The number of rotatable bonds is 1. The van der Waals surface area contributed by atoms with Crippen molar-refractivity contribution in [2.24, 2.45) is 0 Å². The van der Waals surface area contributed by atoms with E-state index in [9.17, 15) is 8.42 Å². The lowest BCUT2D eigenvalue weighted by molar-refractivity contribution is 0.420. The molecule has 1 aromatic carbocycles. The van der Waals surface area contributed by atoms with Gasteiger partial charge in [0.1, 0.15) is 12.0 Å². The highest BCUT2D eigenvalue weighted by molar-refractivity contribution is 7.85. The highest BCUT2D eigenvalue weighted by atomic mass is 32.2. The number of hydrogen-bond acceptors (Lipinski definition) is 5. The third-order valence-corrected chi connectivity index (χ3v) is 2.31. The van der Waals surface area contributed by atoms with E-state index >= 15 is 0 Å². The van der Waals surface area contributed by atoms with E-state index in [1.54, 1.807) is 12.3 Å². The zero-order valence-electron chi connectivity index (χ0n) is 8.02. The number of phenolic OH excluding ortho intramolecular Hbond substituents is 1. The number of aromatic nitrogens is 1. The normalized spacial score (nSPS) is 10.3. The van der Waals surface area contributed by atoms with Gasteiger partial charge in [-0.25, -0.2) is 0 Å². The molecule has 0 fully saturated rings. The van der Waals surface area contributed by atoms with Crippen LogP contribution in [-0.4, -0.2) is 23.2 Å². The number of hydrogen-bond donors (Lipinski definition) is 2. The molecule has 0 atom stereocenters. The minimum atomic E-state index is -4.19. The Hall–Kier alpha value is -1.86. The van der Waals surface area contributed by atoms with Gasteiger partial charge in [-0.3, -0.25) is 4.55 Å². The lowest BCUT2D eigenvalue weighted by atomic mass is 10.3. The number of aromatic hydroxyl groups is 1. The van der Waals surface area contributed by atoms with Crippen molar-refractivity contribution in [3.8, 4) is 5.75 Å². The third-order valence-electron chi connectivity index (χ3n) is 1.46. The van der Waals surface area contributed by atoms with Gasteiger partial charge in [-0.15, -0.1) is 0 Å². The summed E-state index contributed by atoms with van der Waals surface area (Å²) in [5.41, 5.74) is 0. The Bertz CT molecular complexity index is 503. The molecule has 86 valence electrons. The van der Waals surface area contributed by atoms with Gasteiger partial charge in [0.2, 0.25) is 0 Å². The topological polar surface area (TPSA) is 101 Å². The van der Waals surface area contributed by atoms with E-state index in [2.05, 4.69) is 9.68 Å². The molecule has 0 amide bonds. The first-order valence-electron chi connectivity index (χ1n) is 4.11. The van der Waals surface area contributed by atoms with Gasteiger partial charge in [0.25, 0.3) is 10.1 Å². The molecule has 1 aromatic heterocycles. The van der Waals surface area contributed by atoms with Gasteiger partial charge < -0.3 is 9.63 Å². The Kier molecular flexibility index (Phi) is 4.03. The van der Waals surface area contributed by atoms with E-state index in [0.717, 1.165) is 6.07 Å². The fraction of sp³-hybridized carbons (Fsp3) is 0. The Morgan fingerprint density at radius 2 is 2.00 bits per heavy atom. The molecule has 7 heteroatoms. The van der Waals surface area contributed by atoms with E-state index in [1.807, 2.05) is 0 Å². The number of phenols is 1. The Morgan fingerprint density at radius 1 is 1.25 bits per heavy atom. The summed E-state index contributed by atoms with van der Waals surface area (Å²) in [6.07, 6.45) is 3.10. The largest absolute Gasteiger partial charge is 0.508 e. The van der Waals surface area contributed by atoms with Crippen LogP contribution in [0.4, 0.5) is 0 Å². The van der Waals surface area contributed by atoms with E-state index in [4.69, 9.17) is 9.66 Å². The Balaban J connectivity index is 0.000000212. The summed E-state index contributed by atoms with van der Waals surface area (Å²) < 4.78 is 33.7. The first-order valence-corrected chi connectivity index (χ1v) is 5.55. The van der Waals surface area contributed by atoms with Crippen molar-refractivity contribution in [3.05, 3.63) is 42.8 Å². The van der Waals surface area contributed by atoms with Crippen LogP contribution >= 0.6 is 0 Å². The Labute approximate surface area is 91.9 Å². The summed E-state index contributed by atoms with van der Waals surface area (Å²) >= 11 is 0. The number of benzene rings is 1. The molecule has 6 nitrogen and oxygen atoms in total.